The summed E-state index contributed by atoms with van der Waals surface area (Å²) in [5, 5.41) is 22.4. The van der Waals surface area contributed by atoms with Crippen molar-refractivity contribution in [3.05, 3.63) is 64.9 Å². The van der Waals surface area contributed by atoms with E-state index in [4.69, 9.17) is 5.73 Å². The molecule has 10 heteroatoms. The Balaban J connectivity index is 1.48. The molecular formula is C29H33FN6O3. The van der Waals surface area contributed by atoms with E-state index >= 15 is 0 Å². The molecule has 2 heterocycles. The Hall–Kier alpha value is -4.10. The molecule has 9 nitrogen and oxygen atoms in total. The number of aromatic nitrogens is 1. The number of hydrogen-bond acceptors (Lipinski definition) is 7. The molecule has 1 aromatic heterocycles. The molecule has 2 aromatic rings. The molecule has 1 saturated carbocycles. The van der Waals surface area contributed by atoms with Crippen LogP contribution < -0.4 is 16.0 Å². The average Bonchev–Trinajstić information content (AvgIpc) is 3.67. The number of pyridine rings is 1. The van der Waals surface area contributed by atoms with Crippen LogP contribution in [-0.2, 0) is 11.3 Å². The SMILES string of the molecule is Cc1cc(N2CC[C@@](C#N)(C3CC3)C2=O)cc(C(=O)NCc2cc(F)cc(C(C=NCC(C)(C)O)=CN)c2)n1. The Morgan fingerprint density at radius 3 is 2.74 bits per heavy atom. The van der Waals surface area contributed by atoms with Gasteiger partial charge in [0.2, 0.25) is 5.91 Å². The quantitative estimate of drug-likeness (QED) is 0.423. The van der Waals surface area contributed by atoms with Crippen LogP contribution in [0, 0.1) is 35.4 Å². The lowest BCUT2D eigenvalue weighted by atomic mass is 9.83. The van der Waals surface area contributed by atoms with Crippen molar-refractivity contribution in [2.24, 2.45) is 22.1 Å². The minimum absolute atomic E-state index is 0.0229. The van der Waals surface area contributed by atoms with E-state index in [1.165, 1.54) is 24.5 Å². The molecule has 0 radical (unpaired) electrons. The van der Waals surface area contributed by atoms with Gasteiger partial charge in [0.1, 0.15) is 16.9 Å². The summed E-state index contributed by atoms with van der Waals surface area (Å²) < 4.78 is 14.4. The first kappa shape index (κ1) is 27.9. The highest BCUT2D eigenvalue weighted by Gasteiger charge is 2.56. The topological polar surface area (TPSA) is 145 Å². The van der Waals surface area contributed by atoms with Crippen LogP contribution in [0.1, 0.15) is 60.4 Å². The number of halogens is 1. The second kappa shape index (κ2) is 10.9. The number of benzene rings is 1. The number of nitrogens with zero attached hydrogens (tertiary/aromatic N) is 4. The van der Waals surface area contributed by atoms with Gasteiger partial charge in [0.15, 0.2) is 0 Å². The number of amides is 2. The maximum absolute atomic E-state index is 14.4. The van der Waals surface area contributed by atoms with E-state index < -0.39 is 22.7 Å². The monoisotopic (exact) mass is 532 g/mol. The third-order valence-corrected chi connectivity index (χ3v) is 6.94. The zero-order valence-corrected chi connectivity index (χ0v) is 22.4. The van der Waals surface area contributed by atoms with Crippen molar-refractivity contribution < 1.29 is 19.1 Å². The van der Waals surface area contributed by atoms with Gasteiger partial charge in [0, 0.05) is 42.5 Å². The van der Waals surface area contributed by atoms with Gasteiger partial charge in [-0.2, -0.15) is 5.26 Å². The molecule has 204 valence electrons. The number of carbonyl (C=O) groups is 2. The number of nitrogens with two attached hydrogens (primary N) is 1. The number of aliphatic imine (C=N–C) groups is 1. The summed E-state index contributed by atoms with van der Waals surface area (Å²) in [5.41, 5.74) is 6.40. The third-order valence-electron chi connectivity index (χ3n) is 6.94. The fraction of sp³-hybridized carbons (Fsp3) is 0.414. The number of aryl methyl sites for hydroxylation is 1. The molecule has 4 N–H and O–H groups in total. The van der Waals surface area contributed by atoms with Gasteiger partial charge >= 0.3 is 0 Å². The number of carbonyl (C=O) groups excluding carboxylic acids is 2. The van der Waals surface area contributed by atoms with Gasteiger partial charge in [-0.25, -0.2) is 9.37 Å². The molecule has 1 aliphatic heterocycles. The van der Waals surface area contributed by atoms with Crippen LogP contribution >= 0.6 is 0 Å². The van der Waals surface area contributed by atoms with Gasteiger partial charge in [-0.05, 0) is 87.4 Å². The van der Waals surface area contributed by atoms with Crippen LogP contribution in [0.3, 0.4) is 0 Å². The summed E-state index contributed by atoms with van der Waals surface area (Å²) >= 11 is 0. The van der Waals surface area contributed by atoms with Crippen molar-refractivity contribution in [3.63, 3.8) is 0 Å². The minimum Gasteiger partial charge on any atom is -0.404 e. The van der Waals surface area contributed by atoms with E-state index in [1.54, 1.807) is 43.9 Å². The summed E-state index contributed by atoms with van der Waals surface area (Å²) in [6.45, 7) is 5.57. The number of nitrogens with one attached hydrogen (secondary N) is 1. The lowest BCUT2D eigenvalue weighted by Crippen LogP contribution is -2.35. The number of anilines is 1. The van der Waals surface area contributed by atoms with E-state index in [0.717, 1.165) is 12.8 Å². The van der Waals surface area contributed by atoms with Gasteiger partial charge in [0.05, 0.1) is 18.2 Å². The van der Waals surface area contributed by atoms with E-state index in [0.29, 0.717) is 41.0 Å². The van der Waals surface area contributed by atoms with E-state index in [-0.39, 0.29) is 30.6 Å². The van der Waals surface area contributed by atoms with Crippen LogP contribution in [0.25, 0.3) is 5.57 Å². The third kappa shape index (κ3) is 6.32. The molecule has 1 aliphatic carbocycles. The number of allylic oxidation sites excluding steroid dienone is 1. The fourth-order valence-electron chi connectivity index (χ4n) is 4.83. The summed E-state index contributed by atoms with van der Waals surface area (Å²) in [6.07, 6.45) is 5.01. The summed E-state index contributed by atoms with van der Waals surface area (Å²) in [5.74, 6) is -1.10. The highest BCUT2D eigenvalue weighted by atomic mass is 19.1. The van der Waals surface area contributed by atoms with Crippen LogP contribution in [0.5, 0.6) is 0 Å². The Morgan fingerprint density at radius 1 is 1.36 bits per heavy atom. The van der Waals surface area contributed by atoms with Gasteiger partial charge in [-0.3, -0.25) is 14.6 Å². The largest absolute Gasteiger partial charge is 0.404 e. The molecule has 1 aromatic carbocycles. The van der Waals surface area contributed by atoms with E-state index in [1.807, 2.05) is 0 Å². The number of nitriles is 1. The normalized spacial score (nSPS) is 19.9. The van der Waals surface area contributed by atoms with Gasteiger partial charge in [-0.1, -0.05) is 0 Å². The molecule has 1 saturated heterocycles. The summed E-state index contributed by atoms with van der Waals surface area (Å²) in [7, 11) is 0. The smallest absolute Gasteiger partial charge is 0.270 e. The molecular weight excluding hydrogens is 499 g/mol. The first-order valence-corrected chi connectivity index (χ1v) is 12.9. The molecule has 0 spiro atoms. The number of hydrogen-bond donors (Lipinski definition) is 3. The Labute approximate surface area is 227 Å². The molecule has 4 rings (SSSR count). The van der Waals surface area contributed by atoms with Crippen molar-refractivity contribution >= 4 is 29.3 Å². The van der Waals surface area contributed by atoms with Gasteiger partial charge in [0.25, 0.3) is 5.91 Å². The first-order chi connectivity index (χ1) is 18.5. The zero-order valence-electron chi connectivity index (χ0n) is 22.4. The highest BCUT2D eigenvalue weighted by molar-refractivity contribution is 6.09. The maximum atomic E-state index is 14.4. The predicted octanol–water partition coefficient (Wildman–Crippen LogP) is 3.26. The van der Waals surface area contributed by atoms with Gasteiger partial charge < -0.3 is 21.1 Å². The molecule has 2 aliphatic rings. The molecule has 0 bridgehead atoms. The number of rotatable bonds is 9. The highest BCUT2D eigenvalue weighted by Crippen LogP contribution is 2.51. The second-order valence-corrected chi connectivity index (χ2v) is 10.9. The standard InChI is InChI=1S/C29H33FN6O3/c1-18-8-24(36-7-6-29(16-32,27(36)38)22-4-5-22)12-25(35-18)26(37)34-14-19-9-20(11-23(30)10-19)21(13-31)15-33-17-28(2,3)39/h8-13,15,22,39H,4-7,14,17,31H2,1-3H3,(H,34,37)/t29-/m1/s1. The lowest BCUT2D eigenvalue weighted by Gasteiger charge is -2.21. The maximum Gasteiger partial charge on any atom is 0.270 e. The lowest BCUT2D eigenvalue weighted by molar-refractivity contribution is -0.123. The molecule has 2 amide bonds. The molecule has 1 atom stereocenters. The first-order valence-electron chi connectivity index (χ1n) is 12.9. The van der Waals surface area contributed by atoms with Crippen LogP contribution in [-0.4, -0.2) is 46.8 Å². The van der Waals surface area contributed by atoms with Crippen LogP contribution in [0.2, 0.25) is 0 Å². The Morgan fingerprint density at radius 2 is 2.10 bits per heavy atom. The van der Waals surface area contributed by atoms with E-state index in [9.17, 15) is 24.3 Å². The van der Waals surface area contributed by atoms with Crippen molar-refractivity contribution in [3.8, 4) is 6.07 Å². The van der Waals surface area contributed by atoms with Crippen LogP contribution in [0.4, 0.5) is 10.1 Å². The van der Waals surface area contributed by atoms with Crippen LogP contribution in [0.15, 0.2) is 41.5 Å². The van der Waals surface area contributed by atoms with Crippen molar-refractivity contribution in [2.75, 3.05) is 18.0 Å². The zero-order chi connectivity index (χ0) is 28.4. The van der Waals surface area contributed by atoms with Gasteiger partial charge in [-0.15, -0.1) is 0 Å². The van der Waals surface area contributed by atoms with E-state index in [2.05, 4.69) is 21.4 Å². The average molecular weight is 533 g/mol. The Kier molecular flexibility index (Phi) is 7.84. The fourth-order valence-corrected chi connectivity index (χ4v) is 4.83. The summed E-state index contributed by atoms with van der Waals surface area (Å²) in [4.78, 5) is 36.3. The Bertz CT molecular complexity index is 1390. The van der Waals surface area contributed by atoms with Crippen molar-refractivity contribution in [1.82, 2.24) is 10.3 Å². The minimum atomic E-state index is -0.991. The number of aliphatic hydroxyl groups is 1. The predicted molar refractivity (Wildman–Crippen MR) is 146 cm³/mol. The second-order valence-electron chi connectivity index (χ2n) is 10.9. The molecule has 0 unspecified atom stereocenters. The van der Waals surface area contributed by atoms with Crippen molar-refractivity contribution in [1.29, 1.82) is 5.26 Å². The molecule has 2 fully saturated rings. The summed E-state index contributed by atoms with van der Waals surface area (Å²) in [6, 6.07) is 9.86. The molecule has 39 heavy (non-hydrogen) atoms. The van der Waals surface area contributed by atoms with Crippen molar-refractivity contribution in [2.45, 2.75) is 52.2 Å².